The molecule has 0 saturated carbocycles. The lowest BCUT2D eigenvalue weighted by molar-refractivity contribution is 0.0996. The summed E-state index contributed by atoms with van der Waals surface area (Å²) in [5.74, 6) is 0.664. The minimum Gasteiger partial charge on any atom is -0.440 e. The molecule has 2 aliphatic heterocycles. The summed E-state index contributed by atoms with van der Waals surface area (Å²) in [7, 11) is 0. The molecule has 1 fully saturated rings. The first kappa shape index (κ1) is 19.3. The van der Waals surface area contributed by atoms with E-state index >= 15 is 0 Å². The van der Waals surface area contributed by atoms with E-state index in [4.69, 9.17) is 9.68 Å². The number of carbonyl (C=O) groups excluding carboxylic acids is 1. The molecule has 2 aromatic rings. The molecule has 0 aliphatic carbocycles. The fourth-order valence-corrected chi connectivity index (χ4v) is 3.94. The first-order valence-electron chi connectivity index (χ1n) is 10.2. The first-order valence-corrected chi connectivity index (χ1v) is 10.2. The molecular formula is C23H26N4O2. The van der Waals surface area contributed by atoms with Crippen LogP contribution in [-0.2, 0) is 0 Å². The van der Waals surface area contributed by atoms with Gasteiger partial charge in [0, 0.05) is 19.6 Å². The molecule has 1 aromatic heterocycles. The smallest absolute Gasteiger partial charge is 0.291 e. The molecule has 6 heteroatoms. The molecule has 6 nitrogen and oxygen atoms in total. The van der Waals surface area contributed by atoms with Crippen molar-refractivity contribution >= 4 is 22.9 Å². The highest BCUT2D eigenvalue weighted by atomic mass is 16.3. The summed E-state index contributed by atoms with van der Waals surface area (Å²) in [6, 6.07) is 11.2. The molecule has 1 aromatic carbocycles. The van der Waals surface area contributed by atoms with Crippen molar-refractivity contribution in [1.82, 2.24) is 5.32 Å². The van der Waals surface area contributed by atoms with Crippen molar-refractivity contribution in [2.24, 2.45) is 5.92 Å². The fourth-order valence-electron chi connectivity index (χ4n) is 3.94. The highest BCUT2D eigenvalue weighted by Gasteiger charge is 2.21. The molecule has 2 N–H and O–H groups in total. The Morgan fingerprint density at radius 1 is 1.28 bits per heavy atom. The number of benzene rings is 1. The maximum atomic E-state index is 12.7. The molecule has 4 rings (SSSR count). The number of amides is 1. The number of nitrogens with zero attached hydrogens (tertiary/aromatic N) is 2. The van der Waals surface area contributed by atoms with Crippen LogP contribution in [0.5, 0.6) is 0 Å². The SMILES string of the molecule is CC1CCN(c2cc(C3=CCNCC3)ccc2NC(=O)c2ccc(C#N)o2)CC1. The van der Waals surface area contributed by atoms with Crippen LogP contribution in [0.15, 0.2) is 40.8 Å². The van der Waals surface area contributed by atoms with E-state index in [0.29, 0.717) is 0 Å². The number of rotatable bonds is 4. The van der Waals surface area contributed by atoms with Gasteiger partial charge in [-0.25, -0.2) is 0 Å². The Kier molecular flexibility index (Phi) is 5.68. The highest BCUT2D eigenvalue weighted by molar-refractivity contribution is 6.04. The van der Waals surface area contributed by atoms with Crippen molar-refractivity contribution in [3.8, 4) is 6.07 Å². The number of hydrogen-bond donors (Lipinski definition) is 2. The molecule has 29 heavy (non-hydrogen) atoms. The van der Waals surface area contributed by atoms with E-state index < -0.39 is 0 Å². The third-order valence-corrected chi connectivity index (χ3v) is 5.74. The molecule has 0 unspecified atom stereocenters. The number of hydrogen-bond acceptors (Lipinski definition) is 5. The molecule has 150 valence electrons. The summed E-state index contributed by atoms with van der Waals surface area (Å²) < 4.78 is 5.28. The van der Waals surface area contributed by atoms with Crippen molar-refractivity contribution < 1.29 is 9.21 Å². The second-order valence-corrected chi connectivity index (χ2v) is 7.81. The van der Waals surface area contributed by atoms with Gasteiger partial charge in [-0.05, 0) is 67.1 Å². The Labute approximate surface area is 171 Å². The largest absolute Gasteiger partial charge is 0.440 e. The first-order chi connectivity index (χ1) is 14.1. The van der Waals surface area contributed by atoms with E-state index in [1.165, 1.54) is 23.3 Å². The maximum Gasteiger partial charge on any atom is 0.291 e. The highest BCUT2D eigenvalue weighted by Crippen LogP contribution is 2.34. The van der Waals surface area contributed by atoms with Gasteiger partial charge in [0.2, 0.25) is 5.76 Å². The molecule has 1 amide bonds. The third-order valence-electron chi connectivity index (χ3n) is 5.74. The Bertz CT molecular complexity index is 961. The Balaban J connectivity index is 1.63. The average Bonchev–Trinajstić information content (AvgIpc) is 3.25. The van der Waals surface area contributed by atoms with Gasteiger partial charge in [-0.1, -0.05) is 19.1 Å². The number of nitrogens with one attached hydrogen (secondary N) is 2. The number of carbonyl (C=O) groups is 1. The predicted octanol–water partition coefficient (Wildman–Crippen LogP) is 4.02. The Hall–Kier alpha value is -3.04. The summed E-state index contributed by atoms with van der Waals surface area (Å²) >= 11 is 0. The van der Waals surface area contributed by atoms with Crippen LogP contribution in [0.25, 0.3) is 5.57 Å². The zero-order chi connectivity index (χ0) is 20.2. The third kappa shape index (κ3) is 4.36. The molecule has 2 aliphatic rings. The molecule has 3 heterocycles. The minimum absolute atomic E-state index is 0.133. The minimum atomic E-state index is -0.341. The second-order valence-electron chi connectivity index (χ2n) is 7.81. The average molecular weight is 390 g/mol. The molecule has 0 spiro atoms. The van der Waals surface area contributed by atoms with Crippen LogP contribution in [-0.4, -0.2) is 32.1 Å². The van der Waals surface area contributed by atoms with Gasteiger partial charge < -0.3 is 20.0 Å². The van der Waals surface area contributed by atoms with Gasteiger partial charge in [0.05, 0.1) is 11.4 Å². The van der Waals surface area contributed by atoms with Crippen molar-refractivity contribution in [2.45, 2.75) is 26.2 Å². The number of piperidine rings is 1. The topological polar surface area (TPSA) is 81.3 Å². The summed E-state index contributed by atoms with van der Waals surface area (Å²) in [5, 5.41) is 15.3. The summed E-state index contributed by atoms with van der Waals surface area (Å²) in [4.78, 5) is 15.0. The van der Waals surface area contributed by atoms with E-state index in [0.717, 1.165) is 62.7 Å². The Morgan fingerprint density at radius 2 is 2.10 bits per heavy atom. The summed E-state index contributed by atoms with van der Waals surface area (Å²) in [6.45, 7) is 6.13. The standard InChI is InChI=1S/C23H26N4O2/c1-16-8-12-27(13-9-16)21-14-18(17-6-10-25-11-7-17)2-4-20(21)26-23(28)22-5-3-19(15-24)29-22/h2-6,14,16,25H,7-13H2,1H3,(H,26,28). The van der Waals surface area contributed by atoms with Crippen LogP contribution >= 0.6 is 0 Å². The molecule has 0 radical (unpaired) electrons. The van der Waals surface area contributed by atoms with Gasteiger partial charge in [0.25, 0.3) is 5.91 Å². The lowest BCUT2D eigenvalue weighted by atomic mass is 9.96. The van der Waals surface area contributed by atoms with Crippen molar-refractivity contribution in [3.63, 3.8) is 0 Å². The summed E-state index contributed by atoms with van der Waals surface area (Å²) in [6.07, 6.45) is 5.54. The normalized spacial score (nSPS) is 17.5. The number of nitriles is 1. The van der Waals surface area contributed by atoms with Crippen molar-refractivity contribution in [1.29, 1.82) is 5.26 Å². The predicted molar refractivity (Wildman–Crippen MR) is 114 cm³/mol. The van der Waals surface area contributed by atoms with Crippen LogP contribution in [0.1, 0.15) is 48.1 Å². The van der Waals surface area contributed by atoms with Crippen LogP contribution in [0.2, 0.25) is 0 Å². The van der Waals surface area contributed by atoms with Crippen molar-refractivity contribution in [2.75, 3.05) is 36.4 Å². The van der Waals surface area contributed by atoms with Crippen LogP contribution < -0.4 is 15.5 Å². The van der Waals surface area contributed by atoms with Crippen LogP contribution in [0.4, 0.5) is 11.4 Å². The zero-order valence-corrected chi connectivity index (χ0v) is 16.7. The van der Waals surface area contributed by atoms with E-state index in [-0.39, 0.29) is 17.4 Å². The lowest BCUT2D eigenvalue weighted by Gasteiger charge is -2.34. The van der Waals surface area contributed by atoms with Gasteiger partial charge >= 0.3 is 0 Å². The number of furan rings is 1. The monoisotopic (exact) mass is 390 g/mol. The number of anilines is 2. The van der Waals surface area contributed by atoms with Crippen LogP contribution in [0.3, 0.4) is 0 Å². The van der Waals surface area contributed by atoms with E-state index in [1.807, 2.05) is 12.1 Å². The van der Waals surface area contributed by atoms with Crippen molar-refractivity contribution in [3.05, 3.63) is 53.5 Å². The maximum absolute atomic E-state index is 12.7. The second kappa shape index (κ2) is 8.54. The summed E-state index contributed by atoms with van der Waals surface area (Å²) in [5.41, 5.74) is 4.38. The van der Waals surface area contributed by atoms with Gasteiger partial charge in [0.1, 0.15) is 6.07 Å². The van der Waals surface area contributed by atoms with Gasteiger partial charge in [0.15, 0.2) is 5.76 Å². The van der Waals surface area contributed by atoms with E-state index in [9.17, 15) is 4.79 Å². The quantitative estimate of drug-likeness (QED) is 0.824. The van der Waals surface area contributed by atoms with Gasteiger partial charge in [-0.15, -0.1) is 0 Å². The molecule has 0 atom stereocenters. The molecular weight excluding hydrogens is 364 g/mol. The van der Waals surface area contributed by atoms with E-state index in [2.05, 4.69) is 40.7 Å². The van der Waals surface area contributed by atoms with Gasteiger partial charge in [-0.2, -0.15) is 5.26 Å². The molecule has 0 bridgehead atoms. The molecule has 1 saturated heterocycles. The van der Waals surface area contributed by atoms with Crippen LogP contribution in [0, 0.1) is 17.2 Å². The lowest BCUT2D eigenvalue weighted by Crippen LogP contribution is -2.33. The fraction of sp³-hybridized carbons (Fsp3) is 0.391. The van der Waals surface area contributed by atoms with E-state index in [1.54, 1.807) is 0 Å². The van der Waals surface area contributed by atoms with Gasteiger partial charge in [-0.3, -0.25) is 4.79 Å². The Morgan fingerprint density at radius 3 is 2.79 bits per heavy atom. The zero-order valence-electron chi connectivity index (χ0n) is 16.7.